The van der Waals surface area contributed by atoms with Crippen LogP contribution in [0, 0.1) is 0 Å². The molecular formula is C16H11N3. The number of hydrogen-bond donors (Lipinski definition) is 0. The Hall–Kier alpha value is -2.55. The van der Waals surface area contributed by atoms with Crippen LogP contribution in [0.1, 0.15) is 0 Å². The van der Waals surface area contributed by atoms with Gasteiger partial charge in [0.15, 0.2) is 0 Å². The third-order valence-corrected chi connectivity index (χ3v) is 3.42. The van der Waals surface area contributed by atoms with Crippen LogP contribution in [0.25, 0.3) is 22.0 Å². The smallest absolute Gasteiger partial charge is 0.131 e. The molecule has 0 aliphatic carbocycles. The van der Waals surface area contributed by atoms with E-state index in [4.69, 9.17) is 0 Å². The van der Waals surface area contributed by atoms with Crippen molar-refractivity contribution in [3.63, 3.8) is 0 Å². The van der Waals surface area contributed by atoms with Gasteiger partial charge in [-0.05, 0) is 16.8 Å². The molecule has 0 saturated heterocycles. The van der Waals surface area contributed by atoms with Crippen molar-refractivity contribution in [1.29, 1.82) is 0 Å². The first-order valence-corrected chi connectivity index (χ1v) is 6.25. The van der Waals surface area contributed by atoms with Crippen molar-refractivity contribution < 1.29 is 0 Å². The van der Waals surface area contributed by atoms with E-state index in [1.54, 1.807) is 6.20 Å². The second-order valence-corrected chi connectivity index (χ2v) is 4.51. The molecule has 2 heterocycles. The Balaban J connectivity index is 2.13. The molecule has 1 aliphatic heterocycles. The number of nitrogens with zero attached hydrogens (tertiary/aromatic N) is 3. The van der Waals surface area contributed by atoms with Crippen LogP contribution >= 0.6 is 0 Å². The van der Waals surface area contributed by atoms with Crippen molar-refractivity contribution in [2.45, 2.75) is 0 Å². The number of fused-ring (bicyclic) bond motifs is 2. The van der Waals surface area contributed by atoms with Crippen molar-refractivity contribution in [2.75, 3.05) is 6.67 Å². The summed E-state index contributed by atoms with van der Waals surface area (Å²) in [4.78, 5) is 13.3. The maximum atomic E-state index is 4.52. The van der Waals surface area contributed by atoms with Crippen LogP contribution in [0.15, 0.2) is 64.7 Å². The van der Waals surface area contributed by atoms with Gasteiger partial charge in [0.25, 0.3) is 0 Å². The summed E-state index contributed by atoms with van der Waals surface area (Å²) in [5.41, 5.74) is 2.05. The molecule has 3 nitrogen and oxygen atoms in total. The van der Waals surface area contributed by atoms with E-state index in [-0.39, 0.29) is 0 Å². The van der Waals surface area contributed by atoms with Crippen LogP contribution in [0.4, 0.5) is 0 Å². The molecule has 0 bridgehead atoms. The fourth-order valence-corrected chi connectivity index (χ4v) is 2.54. The lowest BCUT2D eigenvalue weighted by atomic mass is 10.0. The minimum Gasteiger partial charge on any atom is -0.260 e. The van der Waals surface area contributed by atoms with Gasteiger partial charge >= 0.3 is 0 Å². The molecule has 19 heavy (non-hydrogen) atoms. The average Bonchev–Trinajstić information content (AvgIpc) is 2.95. The number of aromatic nitrogens is 1. The van der Waals surface area contributed by atoms with Gasteiger partial charge in [0.2, 0.25) is 0 Å². The zero-order chi connectivity index (χ0) is 12.7. The van der Waals surface area contributed by atoms with E-state index in [0.717, 1.165) is 22.0 Å². The maximum Gasteiger partial charge on any atom is 0.131 e. The summed E-state index contributed by atoms with van der Waals surface area (Å²) in [7, 11) is 0. The van der Waals surface area contributed by atoms with Crippen molar-refractivity contribution in [2.24, 2.45) is 9.98 Å². The summed E-state index contributed by atoms with van der Waals surface area (Å²) in [6.07, 6.45) is 1.81. The monoisotopic (exact) mass is 245 g/mol. The van der Waals surface area contributed by atoms with Gasteiger partial charge in [-0.3, -0.25) is 15.0 Å². The van der Waals surface area contributed by atoms with Crippen LogP contribution in [-0.2, 0) is 0 Å². The third-order valence-electron chi connectivity index (χ3n) is 3.42. The Bertz CT molecular complexity index is 892. The Morgan fingerprint density at radius 2 is 1.74 bits per heavy atom. The summed E-state index contributed by atoms with van der Waals surface area (Å²) in [6, 6.07) is 16.5. The molecule has 0 saturated carbocycles. The number of benzene rings is 2. The Morgan fingerprint density at radius 3 is 2.74 bits per heavy atom. The molecule has 90 valence electrons. The highest BCUT2D eigenvalue weighted by atomic mass is 15.0. The number of hydrogen-bond acceptors (Lipinski definition) is 3. The van der Waals surface area contributed by atoms with Crippen molar-refractivity contribution in [1.82, 2.24) is 4.98 Å². The van der Waals surface area contributed by atoms with E-state index >= 15 is 0 Å². The molecule has 3 heteroatoms. The quantitative estimate of drug-likeness (QED) is 0.647. The standard InChI is InChI=1S/C16H11N3/c1-2-6-12-11(4-1)5-3-7-13(12)15-16-14(8-9-17-15)18-10-19-16/h1-9H,10H2. The van der Waals surface area contributed by atoms with Crippen molar-refractivity contribution >= 4 is 10.8 Å². The van der Waals surface area contributed by atoms with Gasteiger partial charge < -0.3 is 0 Å². The topological polar surface area (TPSA) is 37.6 Å². The first-order chi connectivity index (χ1) is 9.43. The molecule has 1 aromatic heterocycles. The predicted molar refractivity (Wildman–Crippen MR) is 74.4 cm³/mol. The molecule has 0 fully saturated rings. The fraction of sp³-hybridized carbons (Fsp3) is 0.0625. The molecule has 0 spiro atoms. The maximum absolute atomic E-state index is 4.52. The van der Waals surface area contributed by atoms with Crippen LogP contribution in [-0.4, -0.2) is 11.7 Å². The molecule has 4 rings (SSSR count). The molecule has 3 aromatic rings. The highest BCUT2D eigenvalue weighted by molar-refractivity contribution is 5.95. The second kappa shape index (κ2) is 3.99. The zero-order valence-corrected chi connectivity index (χ0v) is 10.2. The van der Waals surface area contributed by atoms with Crippen molar-refractivity contribution in [3.05, 3.63) is 65.4 Å². The highest BCUT2D eigenvalue weighted by Gasteiger charge is 2.09. The van der Waals surface area contributed by atoms with Gasteiger partial charge in [-0.25, -0.2) is 0 Å². The first kappa shape index (κ1) is 10.4. The predicted octanol–water partition coefficient (Wildman–Crippen LogP) is 2.11. The number of rotatable bonds is 1. The van der Waals surface area contributed by atoms with E-state index in [1.165, 1.54) is 10.8 Å². The Morgan fingerprint density at radius 1 is 0.842 bits per heavy atom. The van der Waals surface area contributed by atoms with E-state index in [2.05, 4.69) is 57.4 Å². The SMILES string of the molecule is c1ccc2c(-c3nccc4c3=NCN=4)cccc2c1. The summed E-state index contributed by atoms with van der Waals surface area (Å²) in [6.45, 7) is 0.513. The van der Waals surface area contributed by atoms with Crippen LogP contribution < -0.4 is 10.7 Å². The largest absolute Gasteiger partial charge is 0.260 e. The molecule has 1 aliphatic rings. The lowest BCUT2D eigenvalue weighted by molar-refractivity contribution is 1.06. The lowest BCUT2D eigenvalue weighted by Gasteiger charge is -2.05. The normalized spacial score (nSPS) is 12.8. The summed E-state index contributed by atoms with van der Waals surface area (Å²) in [5.74, 6) is 0. The Labute approximate surface area is 110 Å². The van der Waals surface area contributed by atoms with E-state index < -0.39 is 0 Å². The van der Waals surface area contributed by atoms with Crippen molar-refractivity contribution in [3.8, 4) is 11.3 Å². The number of pyridine rings is 1. The zero-order valence-electron chi connectivity index (χ0n) is 10.2. The molecular weight excluding hydrogens is 234 g/mol. The first-order valence-electron chi connectivity index (χ1n) is 6.25. The molecule has 0 unspecified atom stereocenters. The van der Waals surface area contributed by atoms with Gasteiger partial charge in [-0.1, -0.05) is 42.5 Å². The van der Waals surface area contributed by atoms with Crippen LogP contribution in [0.3, 0.4) is 0 Å². The van der Waals surface area contributed by atoms with E-state index in [0.29, 0.717) is 6.67 Å². The van der Waals surface area contributed by atoms with Crippen LogP contribution in [0.5, 0.6) is 0 Å². The molecule has 2 aromatic carbocycles. The highest BCUT2D eigenvalue weighted by Crippen LogP contribution is 2.24. The van der Waals surface area contributed by atoms with E-state index in [9.17, 15) is 0 Å². The van der Waals surface area contributed by atoms with Gasteiger partial charge in [0, 0.05) is 11.8 Å². The molecule has 0 radical (unpaired) electrons. The Kier molecular flexibility index (Phi) is 2.18. The van der Waals surface area contributed by atoms with Gasteiger partial charge in [-0.2, -0.15) is 0 Å². The van der Waals surface area contributed by atoms with Gasteiger partial charge in [0.05, 0.1) is 11.1 Å². The minimum absolute atomic E-state index is 0.513. The summed E-state index contributed by atoms with van der Waals surface area (Å²) < 4.78 is 0. The fourth-order valence-electron chi connectivity index (χ4n) is 2.54. The lowest BCUT2D eigenvalue weighted by Crippen LogP contribution is -2.25. The average molecular weight is 245 g/mol. The minimum atomic E-state index is 0.513. The molecule has 0 amide bonds. The summed E-state index contributed by atoms with van der Waals surface area (Å²) >= 11 is 0. The van der Waals surface area contributed by atoms with E-state index in [1.807, 2.05) is 6.07 Å². The second-order valence-electron chi connectivity index (χ2n) is 4.51. The van der Waals surface area contributed by atoms with Crippen LogP contribution in [0.2, 0.25) is 0 Å². The van der Waals surface area contributed by atoms with Gasteiger partial charge in [-0.15, -0.1) is 0 Å². The summed E-state index contributed by atoms with van der Waals surface area (Å²) in [5, 5.41) is 4.28. The van der Waals surface area contributed by atoms with Gasteiger partial charge in [0.1, 0.15) is 12.0 Å². The molecule has 0 atom stereocenters. The molecule has 0 N–H and O–H groups in total. The third kappa shape index (κ3) is 1.55.